The lowest BCUT2D eigenvalue weighted by atomic mass is 10.3. The van der Waals surface area contributed by atoms with Gasteiger partial charge in [0.1, 0.15) is 5.69 Å². The van der Waals surface area contributed by atoms with Crippen LogP contribution in [0.15, 0.2) is 11.1 Å². The van der Waals surface area contributed by atoms with Crippen LogP contribution in [-0.2, 0) is 10.0 Å². The van der Waals surface area contributed by atoms with Crippen LogP contribution in [0.2, 0.25) is 0 Å². The number of nitrogens with zero attached hydrogens (tertiary/aromatic N) is 1. The van der Waals surface area contributed by atoms with Crippen molar-refractivity contribution in [1.29, 1.82) is 0 Å². The maximum Gasteiger partial charge on any atom is 0.281 e. The van der Waals surface area contributed by atoms with Crippen LogP contribution in [0, 0.1) is 3.57 Å². The van der Waals surface area contributed by atoms with Gasteiger partial charge in [0.2, 0.25) is 0 Å². The van der Waals surface area contributed by atoms with Crippen molar-refractivity contribution in [2.75, 3.05) is 5.73 Å². The Labute approximate surface area is 98.0 Å². The number of hydrogen-bond acceptors (Lipinski definition) is 4. The summed E-state index contributed by atoms with van der Waals surface area (Å²) in [6.07, 6.45) is -2.90. The molecule has 0 amide bonds. The quantitative estimate of drug-likeness (QED) is 0.774. The highest BCUT2D eigenvalue weighted by Crippen LogP contribution is 2.28. The lowest BCUT2D eigenvalue weighted by Gasteiger charge is -2.07. The minimum absolute atomic E-state index is 0.0231. The van der Waals surface area contributed by atoms with E-state index in [0.29, 0.717) is 0 Å². The van der Waals surface area contributed by atoms with Crippen molar-refractivity contribution >= 4 is 38.3 Å². The Hall–Kier alpha value is -0.550. The molecule has 84 valence electrons. The van der Waals surface area contributed by atoms with E-state index < -0.39 is 27.2 Å². The summed E-state index contributed by atoms with van der Waals surface area (Å²) in [5.41, 5.74) is 4.58. The molecule has 0 atom stereocenters. The Morgan fingerprint density at radius 3 is 2.40 bits per heavy atom. The number of aromatic nitrogens is 1. The summed E-state index contributed by atoms with van der Waals surface area (Å²) in [5.74, 6) is 0. The van der Waals surface area contributed by atoms with E-state index in [0.717, 1.165) is 6.07 Å². The van der Waals surface area contributed by atoms with E-state index in [9.17, 15) is 17.2 Å². The maximum atomic E-state index is 12.4. The second-order valence-corrected chi connectivity index (χ2v) is 5.18. The van der Waals surface area contributed by atoms with E-state index in [1.165, 1.54) is 0 Å². The molecular weight excluding hydrogens is 343 g/mol. The van der Waals surface area contributed by atoms with E-state index >= 15 is 0 Å². The fourth-order valence-electron chi connectivity index (χ4n) is 0.835. The van der Waals surface area contributed by atoms with Crippen molar-refractivity contribution in [1.82, 2.24) is 4.98 Å². The zero-order valence-electron chi connectivity index (χ0n) is 7.12. The van der Waals surface area contributed by atoms with Gasteiger partial charge in [-0.15, -0.1) is 0 Å². The molecule has 0 saturated heterocycles. The van der Waals surface area contributed by atoms with Gasteiger partial charge in [-0.2, -0.15) is 0 Å². The molecule has 0 unspecified atom stereocenters. The smallest absolute Gasteiger partial charge is 0.281 e. The number of pyridine rings is 1. The molecule has 1 heterocycles. The number of nitrogen functional groups attached to an aromatic ring is 1. The fraction of sp³-hybridized carbons (Fsp3) is 0.167. The molecule has 0 spiro atoms. The average Bonchev–Trinajstić information content (AvgIpc) is 2.06. The molecule has 4 N–H and O–H groups in total. The van der Waals surface area contributed by atoms with Crippen LogP contribution in [0.3, 0.4) is 0 Å². The van der Waals surface area contributed by atoms with Gasteiger partial charge in [-0.1, -0.05) is 0 Å². The Morgan fingerprint density at radius 1 is 1.47 bits per heavy atom. The second-order valence-electron chi connectivity index (χ2n) is 2.59. The molecule has 1 rings (SSSR count). The highest BCUT2D eigenvalue weighted by Gasteiger charge is 2.20. The number of rotatable bonds is 2. The first-order valence-corrected chi connectivity index (χ1v) is 6.13. The first kappa shape index (κ1) is 12.5. The molecule has 0 saturated carbocycles. The first-order valence-electron chi connectivity index (χ1n) is 3.50. The predicted octanol–water partition coefficient (Wildman–Crippen LogP) is 0.853. The van der Waals surface area contributed by atoms with Crippen molar-refractivity contribution in [2.45, 2.75) is 11.5 Å². The number of primary sulfonamides is 1. The normalized spacial score (nSPS) is 12.1. The summed E-state index contributed by atoms with van der Waals surface area (Å²) < 4.78 is 46.6. The summed E-state index contributed by atoms with van der Waals surface area (Å²) in [6, 6.07) is 0.947. The third-order valence-corrected chi connectivity index (χ3v) is 3.45. The van der Waals surface area contributed by atoms with Crippen LogP contribution in [0.5, 0.6) is 0 Å². The summed E-state index contributed by atoms with van der Waals surface area (Å²) in [6.45, 7) is 0. The molecular formula is C6H6F2IN3O2S. The van der Waals surface area contributed by atoms with E-state index in [1.807, 2.05) is 0 Å². The largest absolute Gasteiger partial charge is 0.398 e. The Balaban J connectivity index is 3.50. The van der Waals surface area contributed by atoms with Gasteiger partial charge in [-0.3, -0.25) is 0 Å². The molecule has 0 bridgehead atoms. The molecule has 0 aliphatic carbocycles. The Morgan fingerprint density at radius 2 is 2.00 bits per heavy atom. The van der Waals surface area contributed by atoms with Gasteiger partial charge in [-0.05, 0) is 22.6 Å². The predicted molar refractivity (Wildman–Crippen MR) is 57.7 cm³/mol. The van der Waals surface area contributed by atoms with Crippen LogP contribution < -0.4 is 10.9 Å². The molecule has 5 nitrogen and oxygen atoms in total. The number of alkyl halides is 2. The second kappa shape index (κ2) is 4.14. The number of halogens is 3. The molecule has 15 heavy (non-hydrogen) atoms. The molecule has 0 radical (unpaired) electrons. The zero-order chi connectivity index (χ0) is 11.8. The van der Waals surface area contributed by atoms with Gasteiger partial charge in [0.05, 0.1) is 3.57 Å². The summed E-state index contributed by atoms with van der Waals surface area (Å²) in [4.78, 5) is 3.25. The van der Waals surface area contributed by atoms with E-state index in [2.05, 4.69) is 4.98 Å². The van der Waals surface area contributed by atoms with Gasteiger partial charge >= 0.3 is 0 Å². The fourth-order valence-corrected chi connectivity index (χ4v) is 1.86. The van der Waals surface area contributed by atoms with Crippen molar-refractivity contribution in [3.05, 3.63) is 15.3 Å². The molecule has 0 aromatic carbocycles. The highest BCUT2D eigenvalue weighted by molar-refractivity contribution is 14.1. The standard InChI is InChI=1S/C6H6F2IN3O2S/c7-6(8)5-4(9)2(10)1-3(12-5)15(11,13)14/h1,6H,(H2,10,12)(H2,11,13,14). The summed E-state index contributed by atoms with van der Waals surface area (Å²) >= 11 is 1.56. The third kappa shape index (κ3) is 2.72. The molecule has 0 aliphatic heterocycles. The van der Waals surface area contributed by atoms with Crippen molar-refractivity contribution in [3.8, 4) is 0 Å². The van der Waals surface area contributed by atoms with Crippen LogP contribution in [-0.4, -0.2) is 13.4 Å². The van der Waals surface area contributed by atoms with Crippen LogP contribution in [0.25, 0.3) is 0 Å². The molecule has 0 aliphatic rings. The van der Waals surface area contributed by atoms with Gasteiger partial charge in [0.25, 0.3) is 16.4 Å². The van der Waals surface area contributed by atoms with Gasteiger partial charge in [0, 0.05) is 11.8 Å². The molecule has 1 aromatic heterocycles. The van der Waals surface area contributed by atoms with E-state index in [4.69, 9.17) is 10.9 Å². The maximum absolute atomic E-state index is 12.4. The number of nitrogens with two attached hydrogens (primary N) is 2. The Kier molecular flexibility index (Phi) is 3.45. The first-order chi connectivity index (χ1) is 6.73. The third-order valence-electron chi connectivity index (χ3n) is 1.49. The van der Waals surface area contributed by atoms with Gasteiger partial charge in [-0.25, -0.2) is 27.3 Å². The van der Waals surface area contributed by atoms with Crippen molar-refractivity contribution < 1.29 is 17.2 Å². The number of anilines is 1. The molecule has 9 heteroatoms. The number of sulfonamides is 1. The van der Waals surface area contributed by atoms with Crippen molar-refractivity contribution in [3.63, 3.8) is 0 Å². The number of hydrogen-bond donors (Lipinski definition) is 2. The highest BCUT2D eigenvalue weighted by atomic mass is 127. The van der Waals surface area contributed by atoms with Gasteiger partial charge in [0.15, 0.2) is 5.03 Å². The minimum atomic E-state index is -4.13. The summed E-state index contributed by atoms with van der Waals surface area (Å²) in [7, 11) is -4.13. The Bertz CT molecular complexity index is 491. The monoisotopic (exact) mass is 349 g/mol. The lowest BCUT2D eigenvalue weighted by Crippen LogP contribution is -2.16. The van der Waals surface area contributed by atoms with E-state index in [-0.39, 0.29) is 9.26 Å². The SMILES string of the molecule is Nc1cc(S(N)(=O)=O)nc(C(F)F)c1I. The summed E-state index contributed by atoms with van der Waals surface area (Å²) in [5, 5.41) is 4.09. The zero-order valence-corrected chi connectivity index (χ0v) is 10.1. The van der Waals surface area contributed by atoms with Crippen molar-refractivity contribution in [2.24, 2.45) is 5.14 Å². The molecule has 0 fully saturated rings. The van der Waals surface area contributed by atoms with Crippen LogP contribution >= 0.6 is 22.6 Å². The minimum Gasteiger partial charge on any atom is -0.398 e. The van der Waals surface area contributed by atoms with E-state index in [1.54, 1.807) is 22.6 Å². The van der Waals surface area contributed by atoms with Crippen LogP contribution in [0.1, 0.15) is 12.1 Å². The lowest BCUT2D eigenvalue weighted by molar-refractivity contribution is 0.144. The topological polar surface area (TPSA) is 99.1 Å². The van der Waals surface area contributed by atoms with Crippen LogP contribution in [0.4, 0.5) is 14.5 Å². The van der Waals surface area contributed by atoms with Gasteiger partial charge < -0.3 is 5.73 Å². The molecule has 1 aromatic rings. The average molecular weight is 349 g/mol.